The van der Waals surface area contributed by atoms with Gasteiger partial charge in [0, 0.05) is 5.56 Å². The monoisotopic (exact) mass is 327 g/mol. The summed E-state index contributed by atoms with van der Waals surface area (Å²) in [5, 5.41) is 12.1. The lowest BCUT2D eigenvalue weighted by Crippen LogP contribution is -2.28. The van der Waals surface area contributed by atoms with Crippen LogP contribution < -0.4 is 10.1 Å². The number of carbonyl (C=O) groups excluding carboxylic acids is 2. The van der Waals surface area contributed by atoms with Gasteiger partial charge in [-0.05, 0) is 35.9 Å². The van der Waals surface area contributed by atoms with Crippen molar-refractivity contribution in [1.29, 1.82) is 0 Å². The Bertz CT molecular complexity index is 768. The van der Waals surface area contributed by atoms with Crippen LogP contribution in [0.25, 0.3) is 6.08 Å². The average Bonchev–Trinajstić information content (AvgIpc) is 2.62. The molecule has 2 N–H and O–H groups in total. The van der Waals surface area contributed by atoms with E-state index in [1.54, 1.807) is 36.4 Å². The highest BCUT2D eigenvalue weighted by molar-refractivity contribution is 6.03. The molecule has 0 aliphatic heterocycles. The lowest BCUT2D eigenvalue weighted by molar-refractivity contribution is -0.136. The van der Waals surface area contributed by atoms with Gasteiger partial charge in [0.2, 0.25) is 0 Å². The number of rotatable bonds is 5. The van der Waals surface area contributed by atoms with Gasteiger partial charge in [-0.25, -0.2) is 4.79 Å². The summed E-state index contributed by atoms with van der Waals surface area (Å²) in [6, 6.07) is 13.0. The van der Waals surface area contributed by atoms with Gasteiger partial charge >= 0.3 is 5.97 Å². The molecule has 2 rings (SSSR count). The van der Waals surface area contributed by atoms with E-state index >= 15 is 0 Å². The zero-order chi connectivity index (χ0) is 17.5. The Kier molecular flexibility index (Phi) is 5.57. The standard InChI is InChI=1S/C18H17NO5/c1-23-16-11-12(8-9-15(16)20)10-14(18(22)24-2)19-17(21)13-6-4-3-5-7-13/h3-11,20H,1-2H3,(H,19,21)/b14-10-. The van der Waals surface area contributed by atoms with Gasteiger partial charge in [0.25, 0.3) is 5.91 Å². The molecule has 124 valence electrons. The first kappa shape index (κ1) is 17.1. The van der Waals surface area contributed by atoms with Gasteiger partial charge < -0.3 is 19.9 Å². The number of phenols is 1. The maximum atomic E-state index is 12.2. The summed E-state index contributed by atoms with van der Waals surface area (Å²) in [5.74, 6) is -0.894. The molecule has 0 aliphatic rings. The van der Waals surface area contributed by atoms with Crippen LogP contribution in [-0.2, 0) is 9.53 Å². The predicted octanol–water partition coefficient (Wildman–Crippen LogP) is 2.34. The number of hydrogen-bond acceptors (Lipinski definition) is 5. The smallest absolute Gasteiger partial charge is 0.354 e. The van der Waals surface area contributed by atoms with Crippen molar-refractivity contribution in [2.24, 2.45) is 0 Å². The van der Waals surface area contributed by atoms with Crippen molar-refractivity contribution < 1.29 is 24.2 Å². The molecule has 0 atom stereocenters. The average molecular weight is 327 g/mol. The highest BCUT2D eigenvalue weighted by atomic mass is 16.5. The third-order valence-corrected chi connectivity index (χ3v) is 3.20. The molecule has 0 saturated heterocycles. The van der Waals surface area contributed by atoms with Crippen LogP contribution in [0.4, 0.5) is 0 Å². The van der Waals surface area contributed by atoms with E-state index < -0.39 is 11.9 Å². The minimum atomic E-state index is -0.689. The van der Waals surface area contributed by atoms with Crippen LogP contribution in [0.1, 0.15) is 15.9 Å². The number of phenolic OH excluding ortho intramolecular Hbond substituents is 1. The maximum Gasteiger partial charge on any atom is 0.354 e. The Balaban J connectivity index is 2.31. The highest BCUT2D eigenvalue weighted by Crippen LogP contribution is 2.27. The molecule has 2 aromatic carbocycles. The van der Waals surface area contributed by atoms with Crippen LogP contribution in [-0.4, -0.2) is 31.2 Å². The SMILES string of the molecule is COC(=O)/C(=C/c1ccc(O)c(OC)c1)NC(=O)c1ccccc1. The van der Waals surface area contributed by atoms with E-state index in [1.807, 2.05) is 0 Å². The van der Waals surface area contributed by atoms with E-state index in [0.29, 0.717) is 11.1 Å². The molecular weight excluding hydrogens is 310 g/mol. The van der Waals surface area contributed by atoms with E-state index in [0.717, 1.165) is 0 Å². The van der Waals surface area contributed by atoms with Crippen molar-refractivity contribution in [3.05, 3.63) is 65.4 Å². The number of carbonyl (C=O) groups is 2. The van der Waals surface area contributed by atoms with Gasteiger partial charge in [-0.2, -0.15) is 0 Å². The van der Waals surface area contributed by atoms with Crippen molar-refractivity contribution in [2.75, 3.05) is 14.2 Å². The second-order valence-electron chi connectivity index (χ2n) is 4.80. The fraction of sp³-hybridized carbons (Fsp3) is 0.111. The molecule has 0 radical (unpaired) electrons. The first-order chi connectivity index (χ1) is 11.5. The van der Waals surface area contributed by atoms with Gasteiger partial charge in [-0.15, -0.1) is 0 Å². The molecule has 24 heavy (non-hydrogen) atoms. The van der Waals surface area contributed by atoms with Gasteiger partial charge in [0.1, 0.15) is 5.70 Å². The summed E-state index contributed by atoms with van der Waals surface area (Å²) < 4.78 is 9.72. The molecule has 0 bridgehead atoms. The molecule has 0 heterocycles. The van der Waals surface area contributed by atoms with E-state index in [4.69, 9.17) is 9.47 Å². The highest BCUT2D eigenvalue weighted by Gasteiger charge is 2.15. The number of benzene rings is 2. The number of ether oxygens (including phenoxy) is 2. The molecule has 6 heteroatoms. The zero-order valence-corrected chi connectivity index (χ0v) is 13.3. The van der Waals surface area contributed by atoms with Crippen molar-refractivity contribution in [3.8, 4) is 11.5 Å². The van der Waals surface area contributed by atoms with E-state index in [1.165, 1.54) is 32.4 Å². The minimum Gasteiger partial charge on any atom is -0.504 e. The van der Waals surface area contributed by atoms with E-state index in [2.05, 4.69) is 5.32 Å². The quantitative estimate of drug-likeness (QED) is 0.650. The second kappa shape index (κ2) is 7.82. The molecular formula is C18H17NO5. The molecule has 0 spiro atoms. The summed E-state index contributed by atoms with van der Waals surface area (Å²) in [6.45, 7) is 0. The summed E-state index contributed by atoms with van der Waals surface area (Å²) in [4.78, 5) is 24.1. The molecule has 0 aliphatic carbocycles. The minimum absolute atomic E-state index is 0.0254. The van der Waals surface area contributed by atoms with E-state index in [9.17, 15) is 14.7 Å². The normalized spacial score (nSPS) is 10.8. The Hall–Kier alpha value is -3.28. The maximum absolute atomic E-state index is 12.2. The zero-order valence-electron chi connectivity index (χ0n) is 13.3. The summed E-state index contributed by atoms with van der Waals surface area (Å²) in [6.07, 6.45) is 1.44. The lowest BCUT2D eigenvalue weighted by Gasteiger charge is -2.09. The molecule has 0 unspecified atom stereocenters. The summed E-state index contributed by atoms with van der Waals surface area (Å²) >= 11 is 0. The van der Waals surface area contributed by atoms with Crippen LogP contribution >= 0.6 is 0 Å². The Morgan fingerprint density at radius 2 is 1.79 bits per heavy atom. The molecule has 0 saturated carbocycles. The van der Waals surface area contributed by atoms with Crippen LogP contribution in [0.5, 0.6) is 11.5 Å². The van der Waals surface area contributed by atoms with Gasteiger partial charge in [-0.3, -0.25) is 4.79 Å². The van der Waals surface area contributed by atoms with Crippen molar-refractivity contribution in [1.82, 2.24) is 5.32 Å². The predicted molar refractivity (Wildman–Crippen MR) is 88.6 cm³/mol. The van der Waals surface area contributed by atoms with Gasteiger partial charge in [0.05, 0.1) is 14.2 Å². The number of amides is 1. The van der Waals surface area contributed by atoms with Crippen LogP contribution in [0, 0.1) is 0 Å². The molecule has 6 nitrogen and oxygen atoms in total. The van der Waals surface area contributed by atoms with Crippen LogP contribution in [0.3, 0.4) is 0 Å². The number of esters is 1. The number of nitrogens with one attached hydrogen (secondary N) is 1. The Morgan fingerprint density at radius 3 is 2.42 bits per heavy atom. The number of methoxy groups -OCH3 is 2. The molecule has 0 fully saturated rings. The first-order valence-corrected chi connectivity index (χ1v) is 7.08. The molecule has 1 amide bonds. The Morgan fingerprint density at radius 1 is 1.08 bits per heavy atom. The third kappa shape index (κ3) is 4.13. The van der Waals surface area contributed by atoms with E-state index in [-0.39, 0.29) is 17.2 Å². The Labute approximate surface area is 139 Å². The van der Waals surface area contributed by atoms with Crippen molar-refractivity contribution in [3.63, 3.8) is 0 Å². The third-order valence-electron chi connectivity index (χ3n) is 3.20. The summed E-state index contributed by atoms with van der Waals surface area (Å²) in [5.41, 5.74) is 0.938. The van der Waals surface area contributed by atoms with Crippen molar-refractivity contribution >= 4 is 18.0 Å². The molecule has 0 aromatic heterocycles. The van der Waals surface area contributed by atoms with Crippen LogP contribution in [0.15, 0.2) is 54.2 Å². The summed E-state index contributed by atoms with van der Waals surface area (Å²) in [7, 11) is 2.64. The van der Waals surface area contributed by atoms with Gasteiger partial charge in [0.15, 0.2) is 11.5 Å². The van der Waals surface area contributed by atoms with Crippen molar-refractivity contribution in [2.45, 2.75) is 0 Å². The second-order valence-corrected chi connectivity index (χ2v) is 4.80. The van der Waals surface area contributed by atoms with Gasteiger partial charge in [-0.1, -0.05) is 24.3 Å². The lowest BCUT2D eigenvalue weighted by atomic mass is 10.1. The number of hydrogen-bond donors (Lipinski definition) is 2. The topological polar surface area (TPSA) is 84.9 Å². The fourth-order valence-corrected chi connectivity index (χ4v) is 1.99. The fourth-order valence-electron chi connectivity index (χ4n) is 1.99. The number of aromatic hydroxyl groups is 1. The molecule has 2 aromatic rings. The first-order valence-electron chi connectivity index (χ1n) is 7.08. The largest absolute Gasteiger partial charge is 0.504 e. The van der Waals surface area contributed by atoms with Crippen LogP contribution in [0.2, 0.25) is 0 Å².